The van der Waals surface area contributed by atoms with E-state index >= 15 is 0 Å². The molecular formula is C22H28N2O. The van der Waals surface area contributed by atoms with Gasteiger partial charge in [-0.05, 0) is 62.2 Å². The third-order valence-electron chi connectivity index (χ3n) is 4.89. The average molecular weight is 336 g/mol. The van der Waals surface area contributed by atoms with Crippen molar-refractivity contribution in [1.82, 2.24) is 10.2 Å². The molecule has 0 unspecified atom stereocenters. The third-order valence-corrected chi connectivity index (χ3v) is 4.89. The monoisotopic (exact) mass is 336 g/mol. The summed E-state index contributed by atoms with van der Waals surface area (Å²) < 4.78 is 0. The first-order valence-corrected chi connectivity index (χ1v) is 9.49. The minimum atomic E-state index is 0.0236. The van der Waals surface area contributed by atoms with Crippen LogP contribution in [-0.2, 0) is 0 Å². The Balaban J connectivity index is 1.43. The van der Waals surface area contributed by atoms with E-state index in [1.165, 1.54) is 44.3 Å². The van der Waals surface area contributed by atoms with Gasteiger partial charge in [0.15, 0.2) is 0 Å². The Morgan fingerprint density at radius 1 is 0.840 bits per heavy atom. The predicted octanol–water partition coefficient (Wildman–Crippen LogP) is 4.35. The molecule has 1 amide bonds. The number of hydrogen-bond donors (Lipinski definition) is 1. The molecule has 25 heavy (non-hydrogen) atoms. The van der Waals surface area contributed by atoms with Crippen molar-refractivity contribution in [3.05, 3.63) is 60.2 Å². The minimum Gasteiger partial charge on any atom is -0.352 e. The Bertz CT molecular complexity index is 643. The van der Waals surface area contributed by atoms with Crippen LogP contribution in [0.2, 0.25) is 0 Å². The fraction of sp³-hybridized carbons (Fsp3) is 0.409. The van der Waals surface area contributed by atoms with Crippen molar-refractivity contribution in [2.24, 2.45) is 0 Å². The summed E-state index contributed by atoms with van der Waals surface area (Å²) in [6.07, 6.45) is 6.40. The van der Waals surface area contributed by atoms with E-state index in [9.17, 15) is 4.79 Å². The number of carbonyl (C=O) groups excluding carboxylic acids is 1. The molecule has 1 heterocycles. The highest BCUT2D eigenvalue weighted by molar-refractivity contribution is 5.94. The largest absolute Gasteiger partial charge is 0.352 e. The van der Waals surface area contributed by atoms with Gasteiger partial charge >= 0.3 is 0 Å². The van der Waals surface area contributed by atoms with Gasteiger partial charge in [0.2, 0.25) is 0 Å². The zero-order valence-electron chi connectivity index (χ0n) is 14.9. The standard InChI is InChI=1S/C22H28N2O/c25-22(23-15-8-18-24-16-6-1-2-7-17-24)21-13-11-20(12-14-21)19-9-4-3-5-10-19/h3-5,9-14H,1-2,6-8,15-18H2,(H,23,25). The number of benzene rings is 2. The van der Waals surface area contributed by atoms with Crippen LogP contribution in [0.3, 0.4) is 0 Å². The van der Waals surface area contributed by atoms with Gasteiger partial charge < -0.3 is 10.2 Å². The minimum absolute atomic E-state index is 0.0236. The zero-order valence-corrected chi connectivity index (χ0v) is 14.9. The summed E-state index contributed by atoms with van der Waals surface area (Å²) in [5.41, 5.74) is 3.04. The average Bonchev–Trinajstić information content (AvgIpc) is 2.95. The molecule has 1 aliphatic rings. The van der Waals surface area contributed by atoms with Crippen LogP contribution in [0.25, 0.3) is 11.1 Å². The number of hydrogen-bond acceptors (Lipinski definition) is 2. The topological polar surface area (TPSA) is 32.3 Å². The van der Waals surface area contributed by atoms with Crippen molar-refractivity contribution < 1.29 is 4.79 Å². The third kappa shape index (κ3) is 5.43. The number of carbonyl (C=O) groups is 1. The molecule has 0 aromatic heterocycles. The summed E-state index contributed by atoms with van der Waals surface area (Å²) in [7, 11) is 0. The summed E-state index contributed by atoms with van der Waals surface area (Å²) in [6.45, 7) is 4.27. The maximum atomic E-state index is 12.3. The van der Waals surface area contributed by atoms with Crippen LogP contribution in [0, 0.1) is 0 Å². The second kappa shape index (κ2) is 9.38. The number of nitrogens with one attached hydrogen (secondary N) is 1. The van der Waals surface area contributed by atoms with E-state index in [0.29, 0.717) is 0 Å². The van der Waals surface area contributed by atoms with Crippen LogP contribution in [0.1, 0.15) is 42.5 Å². The Morgan fingerprint density at radius 3 is 2.16 bits per heavy atom. The van der Waals surface area contributed by atoms with Crippen LogP contribution in [0.5, 0.6) is 0 Å². The van der Waals surface area contributed by atoms with Crippen molar-refractivity contribution in [3.63, 3.8) is 0 Å². The molecule has 0 bridgehead atoms. The van der Waals surface area contributed by atoms with E-state index in [2.05, 4.69) is 22.3 Å². The lowest BCUT2D eigenvalue weighted by Crippen LogP contribution is -2.30. The summed E-state index contributed by atoms with van der Waals surface area (Å²) in [4.78, 5) is 14.8. The van der Waals surface area contributed by atoms with Gasteiger partial charge in [0.25, 0.3) is 5.91 Å². The number of nitrogens with zero attached hydrogens (tertiary/aromatic N) is 1. The zero-order chi connectivity index (χ0) is 17.3. The van der Waals surface area contributed by atoms with Gasteiger partial charge in [0.05, 0.1) is 0 Å². The maximum absolute atomic E-state index is 12.3. The molecular weight excluding hydrogens is 308 g/mol. The fourth-order valence-electron chi connectivity index (χ4n) is 3.41. The normalized spacial score (nSPS) is 15.5. The number of likely N-dealkylation sites (tertiary alicyclic amines) is 1. The molecule has 0 aliphatic carbocycles. The Labute approximate surface area is 151 Å². The predicted molar refractivity (Wildman–Crippen MR) is 104 cm³/mol. The van der Waals surface area contributed by atoms with Crippen LogP contribution >= 0.6 is 0 Å². The van der Waals surface area contributed by atoms with Crippen molar-refractivity contribution in [2.75, 3.05) is 26.2 Å². The second-order valence-corrected chi connectivity index (χ2v) is 6.81. The van der Waals surface area contributed by atoms with Crippen LogP contribution in [0.15, 0.2) is 54.6 Å². The molecule has 1 N–H and O–H groups in total. The van der Waals surface area contributed by atoms with Crippen LogP contribution in [0.4, 0.5) is 0 Å². The lowest BCUT2D eigenvalue weighted by molar-refractivity contribution is 0.0951. The molecule has 3 nitrogen and oxygen atoms in total. The van der Waals surface area contributed by atoms with E-state index in [1.54, 1.807) is 0 Å². The number of amides is 1. The van der Waals surface area contributed by atoms with Gasteiger partial charge in [-0.3, -0.25) is 4.79 Å². The lowest BCUT2D eigenvalue weighted by Gasteiger charge is -2.19. The fourth-order valence-corrected chi connectivity index (χ4v) is 3.41. The molecule has 0 atom stereocenters. The van der Waals surface area contributed by atoms with Gasteiger partial charge in [-0.15, -0.1) is 0 Å². The molecule has 3 heteroatoms. The van der Waals surface area contributed by atoms with E-state index in [1.807, 2.05) is 42.5 Å². The summed E-state index contributed by atoms with van der Waals surface area (Å²) in [6, 6.07) is 18.1. The molecule has 1 saturated heterocycles. The van der Waals surface area contributed by atoms with Gasteiger partial charge in [0, 0.05) is 12.1 Å². The van der Waals surface area contributed by atoms with Crippen molar-refractivity contribution in [1.29, 1.82) is 0 Å². The first-order chi connectivity index (χ1) is 12.3. The van der Waals surface area contributed by atoms with E-state index < -0.39 is 0 Å². The van der Waals surface area contributed by atoms with Crippen molar-refractivity contribution >= 4 is 5.91 Å². The summed E-state index contributed by atoms with van der Waals surface area (Å²) >= 11 is 0. The smallest absolute Gasteiger partial charge is 0.251 e. The quantitative estimate of drug-likeness (QED) is 0.796. The van der Waals surface area contributed by atoms with Crippen LogP contribution in [-0.4, -0.2) is 37.0 Å². The molecule has 1 fully saturated rings. The van der Waals surface area contributed by atoms with E-state index in [0.717, 1.165) is 30.6 Å². The Kier molecular flexibility index (Phi) is 6.63. The van der Waals surface area contributed by atoms with E-state index in [-0.39, 0.29) is 5.91 Å². The highest BCUT2D eigenvalue weighted by Crippen LogP contribution is 2.19. The van der Waals surface area contributed by atoms with Gasteiger partial charge in [-0.1, -0.05) is 55.3 Å². The molecule has 132 valence electrons. The molecule has 3 rings (SSSR count). The van der Waals surface area contributed by atoms with Crippen molar-refractivity contribution in [3.8, 4) is 11.1 Å². The second-order valence-electron chi connectivity index (χ2n) is 6.81. The maximum Gasteiger partial charge on any atom is 0.251 e. The SMILES string of the molecule is O=C(NCCCN1CCCCCC1)c1ccc(-c2ccccc2)cc1. The van der Waals surface area contributed by atoms with Gasteiger partial charge in [-0.2, -0.15) is 0 Å². The van der Waals surface area contributed by atoms with E-state index in [4.69, 9.17) is 0 Å². The molecule has 2 aromatic rings. The molecule has 0 saturated carbocycles. The molecule has 0 radical (unpaired) electrons. The highest BCUT2D eigenvalue weighted by atomic mass is 16.1. The first kappa shape index (κ1) is 17.7. The summed E-state index contributed by atoms with van der Waals surface area (Å²) in [5.74, 6) is 0.0236. The Hall–Kier alpha value is -2.13. The van der Waals surface area contributed by atoms with Gasteiger partial charge in [-0.25, -0.2) is 0 Å². The van der Waals surface area contributed by atoms with Gasteiger partial charge in [0.1, 0.15) is 0 Å². The molecule has 1 aliphatic heterocycles. The van der Waals surface area contributed by atoms with Crippen molar-refractivity contribution in [2.45, 2.75) is 32.1 Å². The van der Waals surface area contributed by atoms with Crippen LogP contribution < -0.4 is 5.32 Å². The first-order valence-electron chi connectivity index (χ1n) is 9.49. The Morgan fingerprint density at radius 2 is 1.48 bits per heavy atom. The molecule has 2 aromatic carbocycles. The molecule has 0 spiro atoms. The summed E-state index contributed by atoms with van der Waals surface area (Å²) in [5, 5.41) is 3.05. The number of rotatable bonds is 6. The highest BCUT2D eigenvalue weighted by Gasteiger charge is 2.09. The lowest BCUT2D eigenvalue weighted by atomic mass is 10.0.